The molecule has 21 heavy (non-hydrogen) atoms. The van der Waals surface area contributed by atoms with E-state index in [1.807, 2.05) is 12.4 Å². The third-order valence-corrected chi connectivity index (χ3v) is 13.1. The van der Waals surface area contributed by atoms with Crippen LogP contribution < -0.4 is 7.16 Å². The molecule has 0 atom stereocenters. The predicted molar refractivity (Wildman–Crippen MR) is 92.0 cm³/mol. The van der Waals surface area contributed by atoms with E-state index in [-0.39, 0.29) is 0 Å². The fourth-order valence-electron chi connectivity index (χ4n) is 2.76. The van der Waals surface area contributed by atoms with E-state index >= 15 is 0 Å². The second kappa shape index (κ2) is 7.41. The molecule has 104 valence electrons. The first-order valence-corrected chi connectivity index (χ1v) is 13.0. The third-order valence-electron chi connectivity index (χ3n) is 3.87. The Labute approximate surface area is 133 Å². The van der Waals surface area contributed by atoms with Crippen LogP contribution in [0.2, 0.25) is 4.44 Å². The van der Waals surface area contributed by atoms with Crippen molar-refractivity contribution in [3.63, 3.8) is 0 Å². The molecule has 0 saturated carbocycles. The Hall–Kier alpha value is -1.61. The third kappa shape index (κ3) is 3.94. The Balaban J connectivity index is 1.83. The summed E-state index contributed by atoms with van der Waals surface area (Å²) in [6, 6.07) is 26.5. The number of rotatable bonds is 5. The molecular formula is C19H19NSn. The molecule has 1 heterocycles. The van der Waals surface area contributed by atoms with Gasteiger partial charge in [-0.05, 0) is 0 Å². The van der Waals surface area contributed by atoms with E-state index in [1.54, 1.807) is 7.16 Å². The molecule has 0 spiro atoms. The van der Waals surface area contributed by atoms with Crippen LogP contribution in [0.15, 0.2) is 85.2 Å². The monoisotopic (exact) mass is 381 g/mol. The molecule has 0 saturated heterocycles. The summed E-state index contributed by atoms with van der Waals surface area (Å²) in [7, 11) is 0. The van der Waals surface area contributed by atoms with Gasteiger partial charge in [0.05, 0.1) is 0 Å². The fraction of sp³-hybridized carbons (Fsp3) is 0.105. The van der Waals surface area contributed by atoms with Crippen LogP contribution in [-0.2, 0) is 6.42 Å². The maximum absolute atomic E-state index is 4.11. The normalized spacial score (nSPS) is 10.7. The van der Waals surface area contributed by atoms with Crippen LogP contribution in [-0.4, -0.2) is 24.7 Å². The van der Waals surface area contributed by atoms with Gasteiger partial charge in [0.25, 0.3) is 0 Å². The van der Waals surface area contributed by atoms with Crippen molar-refractivity contribution >= 4 is 26.9 Å². The van der Waals surface area contributed by atoms with Gasteiger partial charge in [-0.1, -0.05) is 0 Å². The molecule has 0 aliphatic rings. The molecule has 1 aromatic heterocycles. The topological polar surface area (TPSA) is 12.9 Å². The zero-order valence-electron chi connectivity index (χ0n) is 12.0. The fourth-order valence-corrected chi connectivity index (χ4v) is 11.5. The van der Waals surface area contributed by atoms with Crippen molar-refractivity contribution in [3.8, 4) is 0 Å². The number of aromatic nitrogens is 1. The summed E-state index contributed by atoms with van der Waals surface area (Å²) < 4.78 is 4.51. The average Bonchev–Trinajstić information content (AvgIpc) is 2.58. The van der Waals surface area contributed by atoms with Gasteiger partial charge < -0.3 is 0 Å². The van der Waals surface area contributed by atoms with Crippen LogP contribution >= 0.6 is 0 Å². The first-order chi connectivity index (χ1) is 10.4. The van der Waals surface area contributed by atoms with E-state index in [0.717, 1.165) is 6.42 Å². The van der Waals surface area contributed by atoms with Crippen molar-refractivity contribution in [1.29, 1.82) is 0 Å². The zero-order valence-corrected chi connectivity index (χ0v) is 15.3. The predicted octanol–water partition coefficient (Wildman–Crippen LogP) is 2.67. The number of hydrogen-bond donors (Lipinski definition) is 0. The Morgan fingerprint density at radius 1 is 0.667 bits per heavy atom. The molecule has 0 aliphatic carbocycles. The Bertz CT molecular complexity index is 613. The van der Waals surface area contributed by atoms with Crippen LogP contribution in [0.3, 0.4) is 0 Å². The summed E-state index contributed by atoms with van der Waals surface area (Å²) in [5.41, 5.74) is 1.40. The molecule has 2 heteroatoms. The quantitative estimate of drug-likeness (QED) is 0.621. The van der Waals surface area contributed by atoms with E-state index < -0.39 is 19.8 Å². The summed E-state index contributed by atoms with van der Waals surface area (Å²) in [5, 5.41) is 0. The number of hydrogen-bond acceptors (Lipinski definition) is 1. The molecule has 1 nitrogen and oxygen atoms in total. The van der Waals surface area contributed by atoms with Crippen LogP contribution in [0.4, 0.5) is 0 Å². The second-order valence-electron chi connectivity index (χ2n) is 5.27. The molecule has 0 amide bonds. The Morgan fingerprint density at radius 2 is 1.19 bits per heavy atom. The molecule has 0 bridgehead atoms. The number of aryl methyl sites for hydroxylation is 1. The van der Waals surface area contributed by atoms with Gasteiger partial charge in [-0.2, -0.15) is 0 Å². The van der Waals surface area contributed by atoms with Gasteiger partial charge in [-0.3, -0.25) is 0 Å². The van der Waals surface area contributed by atoms with Crippen molar-refractivity contribution in [1.82, 2.24) is 4.98 Å². The summed E-state index contributed by atoms with van der Waals surface area (Å²) >= 11 is -1.95. The molecule has 2 aromatic carbocycles. The standard InChI is InChI=1S/C7H8N.2C6H5.Sn.H/c1-2-7-3-5-8-6-4-7;2*1-2-4-6-5-3-1;;/h3-6H,1-2H2;2*1-5H;;. The summed E-state index contributed by atoms with van der Waals surface area (Å²) in [6.07, 6.45) is 4.95. The van der Waals surface area contributed by atoms with Gasteiger partial charge in [0.2, 0.25) is 0 Å². The molecular weight excluding hydrogens is 361 g/mol. The molecule has 3 aromatic rings. The van der Waals surface area contributed by atoms with Gasteiger partial charge in [0.1, 0.15) is 0 Å². The van der Waals surface area contributed by atoms with E-state index in [4.69, 9.17) is 0 Å². The second-order valence-corrected chi connectivity index (χ2v) is 13.9. The van der Waals surface area contributed by atoms with Crippen molar-refractivity contribution in [2.75, 3.05) is 0 Å². The van der Waals surface area contributed by atoms with Gasteiger partial charge in [0.15, 0.2) is 0 Å². The summed E-state index contributed by atoms with van der Waals surface area (Å²) in [5.74, 6) is 0. The minimum absolute atomic E-state index is 1.16. The van der Waals surface area contributed by atoms with Gasteiger partial charge in [0, 0.05) is 0 Å². The summed E-state index contributed by atoms with van der Waals surface area (Å²) in [6.45, 7) is 0. The molecule has 3 rings (SSSR count). The average molecular weight is 380 g/mol. The minimum atomic E-state index is -1.95. The van der Waals surface area contributed by atoms with Crippen LogP contribution in [0.5, 0.6) is 0 Å². The molecule has 0 radical (unpaired) electrons. The number of nitrogens with zero attached hydrogens (tertiary/aromatic N) is 1. The van der Waals surface area contributed by atoms with E-state index in [2.05, 4.69) is 77.8 Å². The van der Waals surface area contributed by atoms with Crippen LogP contribution in [0.25, 0.3) is 0 Å². The number of pyridine rings is 1. The molecule has 0 aliphatic heterocycles. The van der Waals surface area contributed by atoms with Crippen molar-refractivity contribution in [3.05, 3.63) is 90.8 Å². The van der Waals surface area contributed by atoms with Crippen LogP contribution in [0, 0.1) is 0 Å². The number of benzene rings is 2. The summed E-state index contributed by atoms with van der Waals surface area (Å²) in [4.78, 5) is 4.11. The SMILES string of the molecule is c1cc[c]([SnH]([CH2]Cc2ccncc2)[c]2ccccc2)cc1. The molecule has 0 N–H and O–H groups in total. The first kappa shape index (κ1) is 14.3. The molecule has 0 fully saturated rings. The van der Waals surface area contributed by atoms with Gasteiger partial charge in [-0.25, -0.2) is 0 Å². The van der Waals surface area contributed by atoms with E-state index in [9.17, 15) is 0 Å². The van der Waals surface area contributed by atoms with Crippen molar-refractivity contribution < 1.29 is 0 Å². The Kier molecular flexibility index (Phi) is 5.06. The van der Waals surface area contributed by atoms with Crippen LogP contribution in [0.1, 0.15) is 5.56 Å². The van der Waals surface area contributed by atoms with E-state index in [0.29, 0.717) is 0 Å². The zero-order chi connectivity index (χ0) is 14.3. The first-order valence-electron chi connectivity index (χ1n) is 7.42. The Morgan fingerprint density at radius 3 is 1.71 bits per heavy atom. The maximum atomic E-state index is 4.11. The van der Waals surface area contributed by atoms with E-state index in [1.165, 1.54) is 10.0 Å². The van der Waals surface area contributed by atoms with Gasteiger partial charge in [-0.15, -0.1) is 0 Å². The van der Waals surface area contributed by atoms with Crippen molar-refractivity contribution in [2.24, 2.45) is 0 Å². The van der Waals surface area contributed by atoms with Crippen molar-refractivity contribution in [2.45, 2.75) is 10.9 Å². The van der Waals surface area contributed by atoms with Gasteiger partial charge >= 0.3 is 134 Å². The molecule has 0 unspecified atom stereocenters.